The van der Waals surface area contributed by atoms with Crippen LogP contribution in [0.15, 0.2) is 57.9 Å². The van der Waals surface area contributed by atoms with Gasteiger partial charge in [0.05, 0.1) is 26.4 Å². The number of aromatic nitrogens is 2. The maximum Gasteiger partial charge on any atom is 0.261 e. The van der Waals surface area contributed by atoms with Crippen LogP contribution in [0.4, 0.5) is 5.69 Å². The molecule has 5 nitrogen and oxygen atoms in total. The fraction of sp³-hybridized carbons (Fsp3) is 0.167. The molecule has 0 spiro atoms. The Morgan fingerprint density at radius 3 is 2.08 bits per heavy atom. The number of anilines is 1. The number of sulfonamides is 1. The average Bonchev–Trinajstić information content (AvgIpc) is 2.83. The van der Waals surface area contributed by atoms with Crippen molar-refractivity contribution in [2.75, 3.05) is 4.72 Å². The van der Waals surface area contributed by atoms with E-state index in [0.717, 1.165) is 27.1 Å². The number of nitrogens with one attached hydrogen (secondary N) is 1. The van der Waals surface area contributed by atoms with E-state index in [9.17, 15) is 8.42 Å². The second kappa shape index (κ2) is 6.65. The van der Waals surface area contributed by atoms with Gasteiger partial charge in [-0.1, -0.05) is 17.7 Å². The normalized spacial score (nSPS) is 11.5. The lowest BCUT2D eigenvalue weighted by atomic mass is 10.2. The number of rotatable bonds is 4. The minimum absolute atomic E-state index is 0.240. The van der Waals surface area contributed by atoms with Crippen molar-refractivity contribution in [1.82, 2.24) is 9.78 Å². The second-order valence-electron chi connectivity index (χ2n) is 5.86. The van der Waals surface area contributed by atoms with Gasteiger partial charge in [-0.15, -0.1) is 0 Å². The summed E-state index contributed by atoms with van der Waals surface area (Å²) in [5, 5.41) is 4.47. The van der Waals surface area contributed by atoms with Gasteiger partial charge in [-0.05, 0) is 73.1 Å². The Morgan fingerprint density at radius 1 is 0.960 bits per heavy atom. The molecule has 0 aliphatic heterocycles. The van der Waals surface area contributed by atoms with Crippen LogP contribution < -0.4 is 4.72 Å². The molecular weight excluding hydrogens is 402 g/mol. The summed E-state index contributed by atoms with van der Waals surface area (Å²) in [6, 6.07) is 13.9. The first-order valence-corrected chi connectivity index (χ1v) is 9.97. The summed E-state index contributed by atoms with van der Waals surface area (Å²) in [5.74, 6) is 0. The lowest BCUT2D eigenvalue weighted by molar-refractivity contribution is 0.601. The Kier molecular flexibility index (Phi) is 4.71. The van der Waals surface area contributed by atoms with Crippen LogP contribution >= 0.6 is 15.9 Å². The van der Waals surface area contributed by atoms with Gasteiger partial charge in [0.25, 0.3) is 10.0 Å². The van der Waals surface area contributed by atoms with E-state index in [-0.39, 0.29) is 4.90 Å². The van der Waals surface area contributed by atoms with Gasteiger partial charge in [0.2, 0.25) is 0 Å². The molecule has 0 fully saturated rings. The molecular formula is C18H18BrN3O2S. The van der Waals surface area contributed by atoms with Gasteiger partial charge >= 0.3 is 0 Å². The molecule has 2 aromatic carbocycles. The molecule has 25 heavy (non-hydrogen) atoms. The lowest BCUT2D eigenvalue weighted by Crippen LogP contribution is -2.13. The van der Waals surface area contributed by atoms with Crippen molar-refractivity contribution in [3.63, 3.8) is 0 Å². The molecule has 1 N–H and O–H groups in total. The number of hydrogen-bond acceptors (Lipinski definition) is 3. The first kappa shape index (κ1) is 17.7. The molecule has 130 valence electrons. The highest BCUT2D eigenvalue weighted by molar-refractivity contribution is 9.10. The summed E-state index contributed by atoms with van der Waals surface area (Å²) >= 11 is 3.51. The molecule has 1 heterocycles. The molecule has 0 aliphatic carbocycles. The van der Waals surface area contributed by atoms with Crippen molar-refractivity contribution in [3.05, 3.63) is 70.0 Å². The number of aryl methyl sites for hydroxylation is 2. The van der Waals surface area contributed by atoms with E-state index in [1.54, 1.807) is 36.4 Å². The summed E-state index contributed by atoms with van der Waals surface area (Å²) in [6.07, 6.45) is 0. The van der Waals surface area contributed by atoms with Crippen molar-refractivity contribution < 1.29 is 8.42 Å². The van der Waals surface area contributed by atoms with Crippen molar-refractivity contribution in [2.24, 2.45) is 0 Å². The molecule has 3 rings (SSSR count). The van der Waals surface area contributed by atoms with Gasteiger partial charge in [-0.25, -0.2) is 13.1 Å². The van der Waals surface area contributed by atoms with E-state index in [1.165, 1.54) is 0 Å². The van der Waals surface area contributed by atoms with E-state index in [2.05, 4.69) is 25.8 Å². The standard InChI is InChI=1S/C18H18BrN3O2S/c1-12-4-10-17(11-5-12)25(23,24)21-15-6-8-16(9-7-15)22-14(3)18(19)13(2)20-22/h4-11,21H,1-3H3. The highest BCUT2D eigenvalue weighted by atomic mass is 79.9. The molecule has 0 amide bonds. The topological polar surface area (TPSA) is 64.0 Å². The third-order valence-corrected chi connectivity index (χ3v) is 6.44. The first-order chi connectivity index (χ1) is 11.8. The molecule has 0 atom stereocenters. The SMILES string of the molecule is Cc1ccc(S(=O)(=O)Nc2ccc(-n3nc(C)c(Br)c3C)cc2)cc1. The van der Waals surface area contributed by atoms with Crippen LogP contribution in [0.5, 0.6) is 0 Å². The summed E-state index contributed by atoms with van der Waals surface area (Å²) in [7, 11) is -3.60. The zero-order valence-corrected chi connectivity index (χ0v) is 16.5. The molecule has 0 aliphatic rings. The minimum Gasteiger partial charge on any atom is -0.280 e. The van der Waals surface area contributed by atoms with Crippen LogP contribution in [0.3, 0.4) is 0 Å². The van der Waals surface area contributed by atoms with Gasteiger partial charge in [-0.3, -0.25) is 4.72 Å². The van der Waals surface area contributed by atoms with Crippen molar-refractivity contribution >= 4 is 31.6 Å². The van der Waals surface area contributed by atoms with Gasteiger partial charge in [0.15, 0.2) is 0 Å². The smallest absolute Gasteiger partial charge is 0.261 e. The van der Waals surface area contributed by atoms with Crippen LogP contribution in [0.25, 0.3) is 5.69 Å². The number of halogens is 1. The van der Waals surface area contributed by atoms with Crippen molar-refractivity contribution in [1.29, 1.82) is 0 Å². The number of hydrogen-bond donors (Lipinski definition) is 1. The van der Waals surface area contributed by atoms with Crippen LogP contribution in [0, 0.1) is 20.8 Å². The molecule has 0 unspecified atom stereocenters. The van der Waals surface area contributed by atoms with Gasteiger partial charge in [0, 0.05) is 5.69 Å². The third kappa shape index (κ3) is 3.62. The summed E-state index contributed by atoms with van der Waals surface area (Å²) in [6.45, 7) is 5.82. The van der Waals surface area contributed by atoms with Crippen molar-refractivity contribution in [3.8, 4) is 5.69 Å². The van der Waals surface area contributed by atoms with E-state index in [4.69, 9.17) is 0 Å². The molecule has 0 bridgehead atoms. The minimum atomic E-state index is -3.60. The van der Waals surface area contributed by atoms with E-state index >= 15 is 0 Å². The molecule has 3 aromatic rings. The molecule has 0 saturated carbocycles. The van der Waals surface area contributed by atoms with E-state index in [0.29, 0.717) is 5.69 Å². The molecule has 0 radical (unpaired) electrons. The second-order valence-corrected chi connectivity index (χ2v) is 8.34. The highest BCUT2D eigenvalue weighted by Crippen LogP contribution is 2.24. The predicted octanol–water partition coefficient (Wildman–Crippen LogP) is 4.36. The Hall–Kier alpha value is -2.12. The third-order valence-electron chi connectivity index (χ3n) is 3.90. The number of benzene rings is 2. The van der Waals surface area contributed by atoms with Crippen LogP contribution in [0.2, 0.25) is 0 Å². The maximum absolute atomic E-state index is 12.4. The molecule has 0 saturated heterocycles. The van der Waals surface area contributed by atoms with Gasteiger partial charge in [0.1, 0.15) is 0 Å². The zero-order valence-electron chi connectivity index (χ0n) is 14.1. The van der Waals surface area contributed by atoms with Gasteiger partial charge in [-0.2, -0.15) is 5.10 Å². The fourth-order valence-corrected chi connectivity index (χ4v) is 3.78. The summed E-state index contributed by atoms with van der Waals surface area (Å²) < 4.78 is 30.3. The Morgan fingerprint density at radius 2 is 1.56 bits per heavy atom. The lowest BCUT2D eigenvalue weighted by Gasteiger charge is -2.10. The Balaban J connectivity index is 1.85. The van der Waals surface area contributed by atoms with E-state index in [1.807, 2.05) is 37.6 Å². The maximum atomic E-state index is 12.4. The Labute approximate surface area is 155 Å². The zero-order chi connectivity index (χ0) is 18.2. The predicted molar refractivity (Wildman–Crippen MR) is 103 cm³/mol. The number of nitrogens with zero attached hydrogens (tertiary/aromatic N) is 2. The van der Waals surface area contributed by atoms with Crippen LogP contribution in [0.1, 0.15) is 17.0 Å². The van der Waals surface area contributed by atoms with E-state index < -0.39 is 10.0 Å². The molecule has 1 aromatic heterocycles. The monoisotopic (exact) mass is 419 g/mol. The average molecular weight is 420 g/mol. The molecule has 7 heteroatoms. The van der Waals surface area contributed by atoms with Gasteiger partial charge < -0.3 is 0 Å². The van der Waals surface area contributed by atoms with Crippen molar-refractivity contribution in [2.45, 2.75) is 25.7 Å². The largest absolute Gasteiger partial charge is 0.280 e. The highest BCUT2D eigenvalue weighted by Gasteiger charge is 2.14. The first-order valence-electron chi connectivity index (χ1n) is 7.69. The summed E-state index contributed by atoms with van der Waals surface area (Å²) in [5.41, 5.74) is 4.28. The Bertz CT molecular complexity index is 1010. The quantitative estimate of drug-likeness (QED) is 0.682. The summed E-state index contributed by atoms with van der Waals surface area (Å²) in [4.78, 5) is 0.240. The fourth-order valence-electron chi connectivity index (χ4n) is 2.48. The van der Waals surface area contributed by atoms with Crippen LogP contribution in [-0.2, 0) is 10.0 Å². The van der Waals surface area contributed by atoms with Crippen LogP contribution in [-0.4, -0.2) is 18.2 Å².